The first-order chi connectivity index (χ1) is 15.9. The van der Waals surface area contributed by atoms with E-state index < -0.39 is 41.1 Å². The van der Waals surface area contributed by atoms with Crippen molar-refractivity contribution < 1.29 is 47.9 Å². The molecule has 206 valence electrons. The number of carbonyl (C=O) groups excluding carboxylic acids is 2. The van der Waals surface area contributed by atoms with E-state index in [-0.39, 0.29) is 31.5 Å². The summed E-state index contributed by atoms with van der Waals surface area (Å²) in [6.07, 6.45) is 1.08. The molecule has 0 rings (SSSR count). The van der Waals surface area contributed by atoms with Crippen molar-refractivity contribution in [1.82, 2.24) is 0 Å². The molecule has 0 fully saturated rings. The van der Waals surface area contributed by atoms with Crippen LogP contribution in [0.1, 0.15) is 75.2 Å². The van der Waals surface area contributed by atoms with E-state index in [1.807, 2.05) is 27.7 Å². The Hall–Kier alpha value is -1.75. The first kappa shape index (κ1) is 33.2. The lowest BCUT2D eigenvalue weighted by Gasteiger charge is -2.31. The molecule has 1 N–H and O–H groups in total. The van der Waals surface area contributed by atoms with Gasteiger partial charge >= 0.3 is 17.9 Å². The lowest BCUT2D eigenvalue weighted by Crippen LogP contribution is -2.44. The van der Waals surface area contributed by atoms with Gasteiger partial charge in [-0.25, -0.2) is 9.59 Å². The summed E-state index contributed by atoms with van der Waals surface area (Å²) in [5.74, 6) is -2.78. The van der Waals surface area contributed by atoms with E-state index >= 15 is 0 Å². The molecule has 0 aromatic carbocycles. The van der Waals surface area contributed by atoms with Gasteiger partial charge in [-0.15, -0.1) is 0 Å². The Labute approximate surface area is 209 Å². The van der Waals surface area contributed by atoms with Gasteiger partial charge in [-0.1, -0.05) is 0 Å². The summed E-state index contributed by atoms with van der Waals surface area (Å²) in [6, 6.07) is 0. The van der Waals surface area contributed by atoms with Crippen LogP contribution in [0, 0.1) is 5.41 Å². The molecule has 0 heterocycles. The van der Waals surface area contributed by atoms with Crippen molar-refractivity contribution in [3.05, 3.63) is 0 Å². The SMILES string of the molecule is COC(C)(C)CCOC(C)(C)CCOC(C)(C)C(=O)OCC(C)(COC(C)C)C(=O)OCC(=O)O. The molecule has 0 amide bonds. The summed E-state index contributed by atoms with van der Waals surface area (Å²) in [5, 5.41) is 8.78. The van der Waals surface area contributed by atoms with Gasteiger partial charge in [-0.05, 0) is 75.2 Å². The summed E-state index contributed by atoms with van der Waals surface area (Å²) in [4.78, 5) is 36.0. The molecule has 35 heavy (non-hydrogen) atoms. The number of hydrogen-bond acceptors (Lipinski definition) is 9. The average molecular weight is 507 g/mol. The molecule has 1 atom stereocenters. The highest BCUT2D eigenvalue weighted by Crippen LogP contribution is 2.24. The average Bonchev–Trinajstić information content (AvgIpc) is 2.73. The number of hydrogen-bond donors (Lipinski definition) is 1. The Balaban J connectivity index is 4.87. The summed E-state index contributed by atoms with van der Waals surface area (Å²) >= 11 is 0. The fourth-order valence-electron chi connectivity index (χ4n) is 2.57. The van der Waals surface area contributed by atoms with Crippen LogP contribution in [0.25, 0.3) is 0 Å². The van der Waals surface area contributed by atoms with Crippen molar-refractivity contribution in [2.24, 2.45) is 5.41 Å². The van der Waals surface area contributed by atoms with Crippen molar-refractivity contribution in [1.29, 1.82) is 0 Å². The molecule has 0 bridgehead atoms. The highest BCUT2D eigenvalue weighted by atomic mass is 16.6. The zero-order valence-electron chi connectivity index (χ0n) is 23.1. The lowest BCUT2D eigenvalue weighted by molar-refractivity contribution is -0.182. The second kappa shape index (κ2) is 14.1. The van der Waals surface area contributed by atoms with Crippen LogP contribution in [0.3, 0.4) is 0 Å². The molecule has 10 heteroatoms. The monoisotopic (exact) mass is 506 g/mol. The van der Waals surface area contributed by atoms with Gasteiger partial charge < -0.3 is 33.5 Å². The van der Waals surface area contributed by atoms with Crippen molar-refractivity contribution in [3.8, 4) is 0 Å². The molecule has 0 aromatic rings. The Morgan fingerprint density at radius 1 is 0.771 bits per heavy atom. The van der Waals surface area contributed by atoms with Crippen LogP contribution >= 0.6 is 0 Å². The van der Waals surface area contributed by atoms with Gasteiger partial charge in [0, 0.05) is 7.11 Å². The first-order valence-electron chi connectivity index (χ1n) is 11.9. The van der Waals surface area contributed by atoms with Gasteiger partial charge in [0.2, 0.25) is 0 Å². The second-order valence-corrected chi connectivity index (χ2v) is 10.9. The van der Waals surface area contributed by atoms with E-state index in [9.17, 15) is 14.4 Å². The fraction of sp³-hybridized carbons (Fsp3) is 0.880. The van der Waals surface area contributed by atoms with E-state index in [0.29, 0.717) is 13.0 Å². The lowest BCUT2D eigenvalue weighted by atomic mass is 9.93. The van der Waals surface area contributed by atoms with E-state index in [2.05, 4.69) is 0 Å². The van der Waals surface area contributed by atoms with Crippen LogP contribution in [0.2, 0.25) is 0 Å². The number of rotatable bonds is 18. The molecular formula is C25H46O10. The second-order valence-electron chi connectivity index (χ2n) is 10.9. The summed E-state index contributed by atoms with van der Waals surface area (Å²) in [6.45, 7) is 15.6. The number of carboxylic acid groups (broad SMARTS) is 1. The van der Waals surface area contributed by atoms with Gasteiger partial charge in [0.15, 0.2) is 12.2 Å². The Kier molecular flexibility index (Phi) is 13.4. The minimum atomic E-state index is -1.38. The normalized spacial score (nSPS) is 14.5. The zero-order valence-corrected chi connectivity index (χ0v) is 23.1. The van der Waals surface area contributed by atoms with Gasteiger partial charge in [-0.2, -0.15) is 0 Å². The molecule has 0 aromatic heterocycles. The third-order valence-corrected chi connectivity index (χ3v) is 5.48. The quantitative estimate of drug-likeness (QED) is 0.276. The van der Waals surface area contributed by atoms with Gasteiger partial charge in [0.1, 0.15) is 12.0 Å². The van der Waals surface area contributed by atoms with Crippen LogP contribution in [0.15, 0.2) is 0 Å². The predicted octanol–water partition coefficient (Wildman–Crippen LogP) is 3.38. The van der Waals surface area contributed by atoms with Crippen molar-refractivity contribution in [3.63, 3.8) is 0 Å². The number of esters is 2. The number of aliphatic carboxylic acids is 1. The van der Waals surface area contributed by atoms with E-state index in [1.165, 1.54) is 6.92 Å². The van der Waals surface area contributed by atoms with Crippen LogP contribution in [0.4, 0.5) is 0 Å². The maximum atomic E-state index is 12.7. The summed E-state index contributed by atoms with van der Waals surface area (Å²) in [5.41, 5.74) is -3.40. The molecule has 0 aliphatic carbocycles. The van der Waals surface area contributed by atoms with E-state index in [1.54, 1.807) is 34.8 Å². The minimum Gasteiger partial charge on any atom is -0.479 e. The fourth-order valence-corrected chi connectivity index (χ4v) is 2.57. The molecule has 0 aliphatic heterocycles. The zero-order chi connectivity index (χ0) is 27.5. The summed E-state index contributed by atoms with van der Waals surface area (Å²) < 4.78 is 32.9. The number of carbonyl (C=O) groups is 3. The van der Waals surface area contributed by atoms with Crippen LogP contribution < -0.4 is 0 Å². The largest absolute Gasteiger partial charge is 0.479 e. The topological polar surface area (TPSA) is 127 Å². The Morgan fingerprint density at radius 3 is 1.83 bits per heavy atom. The Morgan fingerprint density at radius 2 is 1.31 bits per heavy atom. The summed E-state index contributed by atoms with van der Waals surface area (Å²) in [7, 11) is 1.67. The number of methoxy groups -OCH3 is 1. The molecule has 0 spiro atoms. The third kappa shape index (κ3) is 13.8. The number of ether oxygens (including phenoxy) is 6. The van der Waals surface area contributed by atoms with Crippen LogP contribution in [-0.2, 0) is 42.8 Å². The van der Waals surface area contributed by atoms with Gasteiger partial charge in [-0.3, -0.25) is 4.79 Å². The molecule has 0 saturated heterocycles. The van der Waals surface area contributed by atoms with Gasteiger partial charge in [0.05, 0.1) is 37.1 Å². The molecule has 0 radical (unpaired) electrons. The van der Waals surface area contributed by atoms with E-state index in [4.69, 9.17) is 33.5 Å². The highest BCUT2D eigenvalue weighted by Gasteiger charge is 2.40. The van der Waals surface area contributed by atoms with Crippen LogP contribution in [0.5, 0.6) is 0 Å². The minimum absolute atomic E-state index is 0.108. The maximum Gasteiger partial charge on any atom is 0.341 e. The predicted molar refractivity (Wildman–Crippen MR) is 129 cm³/mol. The number of carboxylic acids is 1. The standard InChI is InChI=1S/C25H46O10/c1-18(2)32-16-25(9,21(29)31-15-19(26)27)17-33-20(28)24(7,8)35-14-12-23(5,6)34-13-11-22(3,4)30-10/h18H,11-17H2,1-10H3,(H,26,27). The molecular weight excluding hydrogens is 460 g/mol. The molecule has 0 aliphatic rings. The molecule has 1 unspecified atom stereocenters. The van der Waals surface area contributed by atoms with Crippen molar-refractivity contribution >= 4 is 17.9 Å². The van der Waals surface area contributed by atoms with Crippen molar-refractivity contribution in [2.45, 2.75) is 98.1 Å². The first-order valence-corrected chi connectivity index (χ1v) is 11.9. The van der Waals surface area contributed by atoms with Gasteiger partial charge in [0.25, 0.3) is 0 Å². The highest BCUT2D eigenvalue weighted by molar-refractivity contribution is 5.81. The maximum absolute atomic E-state index is 12.7. The Bertz CT molecular complexity index is 684. The molecule has 10 nitrogen and oxygen atoms in total. The van der Waals surface area contributed by atoms with Crippen LogP contribution in [-0.4, -0.2) is 86.1 Å². The molecule has 0 saturated carbocycles. The van der Waals surface area contributed by atoms with Crippen molar-refractivity contribution in [2.75, 3.05) is 40.1 Å². The van der Waals surface area contributed by atoms with E-state index in [0.717, 1.165) is 6.42 Å². The smallest absolute Gasteiger partial charge is 0.341 e. The third-order valence-electron chi connectivity index (χ3n) is 5.48.